The highest BCUT2D eigenvalue weighted by Gasteiger charge is 2.26. The smallest absolute Gasteiger partial charge is 0.233 e. The molecule has 1 heterocycles. The van der Waals surface area contributed by atoms with Crippen LogP contribution in [0.15, 0.2) is 23.4 Å². The molecule has 100 valence electrons. The van der Waals surface area contributed by atoms with Crippen molar-refractivity contribution in [2.45, 2.75) is 36.2 Å². The van der Waals surface area contributed by atoms with Crippen LogP contribution in [0.1, 0.15) is 19.8 Å². The van der Waals surface area contributed by atoms with Crippen molar-refractivity contribution in [1.29, 1.82) is 0 Å². The van der Waals surface area contributed by atoms with Gasteiger partial charge in [0.05, 0.1) is 16.3 Å². The molecule has 1 aromatic carbocycles. The molecule has 1 aliphatic rings. The normalized spacial score (nSPS) is 16.5. The number of nitrogens with two attached hydrogens (primary N) is 1. The van der Waals surface area contributed by atoms with E-state index >= 15 is 0 Å². The van der Waals surface area contributed by atoms with Crippen molar-refractivity contribution in [2.24, 2.45) is 0 Å². The number of hydrogen-bond acceptors (Lipinski definition) is 4. The summed E-state index contributed by atoms with van der Waals surface area (Å²) in [4.78, 5) is 19.5. The molecule has 5 nitrogen and oxygen atoms in total. The number of rotatable bonds is 4. The third kappa shape index (κ3) is 2.84. The van der Waals surface area contributed by atoms with Gasteiger partial charge in [0.15, 0.2) is 5.16 Å². The quantitative estimate of drug-likeness (QED) is 0.588. The summed E-state index contributed by atoms with van der Waals surface area (Å²) in [6, 6.07) is 5.94. The Hall–Kier alpha value is -1.69. The minimum absolute atomic E-state index is 0.0764. The molecule has 0 aliphatic heterocycles. The molecular formula is C13H16N4OS. The summed E-state index contributed by atoms with van der Waals surface area (Å²) in [5.41, 5.74) is 8.19. The number of thioether (sulfide) groups is 1. The average Bonchev–Trinajstić information content (AvgIpc) is 3.08. The van der Waals surface area contributed by atoms with Crippen molar-refractivity contribution in [3.05, 3.63) is 18.2 Å². The third-order valence-corrected chi connectivity index (χ3v) is 4.05. The van der Waals surface area contributed by atoms with Crippen LogP contribution in [-0.4, -0.2) is 27.2 Å². The van der Waals surface area contributed by atoms with Gasteiger partial charge in [0.25, 0.3) is 0 Å². The van der Waals surface area contributed by atoms with Crippen LogP contribution in [-0.2, 0) is 4.79 Å². The van der Waals surface area contributed by atoms with E-state index in [2.05, 4.69) is 15.3 Å². The van der Waals surface area contributed by atoms with E-state index in [4.69, 9.17) is 5.73 Å². The Bertz CT molecular complexity index is 620. The summed E-state index contributed by atoms with van der Waals surface area (Å²) in [5, 5.41) is 3.59. The monoisotopic (exact) mass is 276 g/mol. The number of amides is 1. The number of aromatic nitrogens is 2. The number of benzene rings is 1. The summed E-state index contributed by atoms with van der Waals surface area (Å²) in [7, 11) is 0. The summed E-state index contributed by atoms with van der Waals surface area (Å²) in [6.07, 6.45) is 2.21. The first kappa shape index (κ1) is 12.3. The van der Waals surface area contributed by atoms with Gasteiger partial charge in [-0.3, -0.25) is 4.79 Å². The van der Waals surface area contributed by atoms with E-state index in [0.29, 0.717) is 11.7 Å². The summed E-state index contributed by atoms with van der Waals surface area (Å²) in [6.45, 7) is 1.89. The first-order valence-corrected chi connectivity index (χ1v) is 7.22. The number of aromatic amines is 1. The summed E-state index contributed by atoms with van der Waals surface area (Å²) in [5.74, 6) is 0.0764. The van der Waals surface area contributed by atoms with Gasteiger partial charge in [-0.15, -0.1) is 0 Å². The molecule has 1 unspecified atom stereocenters. The highest BCUT2D eigenvalue weighted by molar-refractivity contribution is 8.00. The van der Waals surface area contributed by atoms with Crippen molar-refractivity contribution in [2.75, 3.05) is 5.73 Å². The summed E-state index contributed by atoms with van der Waals surface area (Å²) < 4.78 is 0. The largest absolute Gasteiger partial charge is 0.399 e. The molecular weight excluding hydrogens is 260 g/mol. The molecule has 6 heteroatoms. The molecule has 4 N–H and O–H groups in total. The van der Waals surface area contributed by atoms with Crippen LogP contribution < -0.4 is 11.1 Å². The Morgan fingerprint density at radius 1 is 1.58 bits per heavy atom. The predicted octanol–water partition coefficient (Wildman–Crippen LogP) is 1.90. The minimum atomic E-state index is -0.154. The first-order valence-electron chi connectivity index (χ1n) is 6.34. The first-order chi connectivity index (χ1) is 9.11. The number of nitrogen functional groups attached to an aromatic ring is 1. The second kappa shape index (κ2) is 4.77. The SMILES string of the molecule is CC(Sc1nc2ccc(N)cc2[nH]1)C(=O)NC1CC1. The molecule has 0 bridgehead atoms. The van der Waals surface area contributed by atoms with Crippen LogP contribution in [0.4, 0.5) is 5.69 Å². The molecule has 19 heavy (non-hydrogen) atoms. The standard InChI is InChI=1S/C13H16N4OS/c1-7(12(18)15-9-3-4-9)19-13-16-10-5-2-8(14)6-11(10)17-13/h2,5-7,9H,3-4,14H2,1H3,(H,15,18)(H,16,17). The number of H-pyrrole nitrogens is 1. The van der Waals surface area contributed by atoms with E-state index in [1.165, 1.54) is 11.8 Å². The zero-order chi connectivity index (χ0) is 13.4. The van der Waals surface area contributed by atoms with Crippen LogP contribution in [0.3, 0.4) is 0 Å². The maximum absolute atomic E-state index is 11.9. The number of anilines is 1. The highest BCUT2D eigenvalue weighted by Crippen LogP contribution is 2.26. The molecule has 0 spiro atoms. The van der Waals surface area contributed by atoms with E-state index in [1.807, 2.05) is 25.1 Å². The van der Waals surface area contributed by atoms with Crippen molar-refractivity contribution >= 4 is 34.4 Å². The topological polar surface area (TPSA) is 83.8 Å². The Morgan fingerprint density at radius 2 is 2.37 bits per heavy atom. The molecule has 1 fully saturated rings. The number of nitrogens with zero attached hydrogens (tertiary/aromatic N) is 1. The molecule has 3 rings (SSSR count). The Labute approximate surface area is 115 Å². The lowest BCUT2D eigenvalue weighted by Gasteiger charge is -2.09. The lowest BCUT2D eigenvalue weighted by molar-refractivity contribution is -0.120. The lowest BCUT2D eigenvalue weighted by Crippen LogP contribution is -2.32. The van der Waals surface area contributed by atoms with Crippen molar-refractivity contribution in [1.82, 2.24) is 15.3 Å². The van der Waals surface area contributed by atoms with Crippen molar-refractivity contribution in [3.63, 3.8) is 0 Å². The van der Waals surface area contributed by atoms with Crippen molar-refractivity contribution < 1.29 is 4.79 Å². The van der Waals surface area contributed by atoms with Crippen molar-refractivity contribution in [3.8, 4) is 0 Å². The Balaban J connectivity index is 1.71. The van der Waals surface area contributed by atoms with E-state index < -0.39 is 0 Å². The van der Waals surface area contributed by atoms with Gasteiger partial charge >= 0.3 is 0 Å². The van der Waals surface area contributed by atoms with Gasteiger partial charge in [0, 0.05) is 11.7 Å². The zero-order valence-corrected chi connectivity index (χ0v) is 11.5. The van der Waals surface area contributed by atoms with Gasteiger partial charge in [-0.2, -0.15) is 0 Å². The van der Waals surface area contributed by atoms with Gasteiger partial charge in [-0.05, 0) is 38.0 Å². The maximum atomic E-state index is 11.9. The van der Waals surface area contributed by atoms with E-state index in [0.717, 1.165) is 29.0 Å². The molecule has 0 radical (unpaired) electrons. The molecule has 1 aliphatic carbocycles. The third-order valence-electron chi connectivity index (χ3n) is 3.07. The fourth-order valence-electron chi connectivity index (χ4n) is 1.83. The van der Waals surface area contributed by atoms with Crippen LogP contribution in [0, 0.1) is 0 Å². The van der Waals surface area contributed by atoms with Crippen LogP contribution in [0.25, 0.3) is 11.0 Å². The number of carbonyl (C=O) groups excluding carboxylic acids is 1. The second-order valence-corrected chi connectivity index (χ2v) is 6.19. The molecule has 2 aromatic rings. The van der Waals surface area contributed by atoms with Gasteiger partial charge in [0.2, 0.25) is 5.91 Å². The fraction of sp³-hybridized carbons (Fsp3) is 0.385. The van der Waals surface area contributed by atoms with E-state index in [1.54, 1.807) is 0 Å². The van der Waals surface area contributed by atoms with Gasteiger partial charge in [-0.1, -0.05) is 11.8 Å². The van der Waals surface area contributed by atoms with Crippen LogP contribution in [0.2, 0.25) is 0 Å². The zero-order valence-electron chi connectivity index (χ0n) is 10.6. The molecule has 1 atom stereocenters. The summed E-state index contributed by atoms with van der Waals surface area (Å²) >= 11 is 1.43. The van der Waals surface area contributed by atoms with E-state index in [9.17, 15) is 4.79 Å². The van der Waals surface area contributed by atoms with Gasteiger partial charge in [-0.25, -0.2) is 4.98 Å². The molecule has 1 aromatic heterocycles. The van der Waals surface area contributed by atoms with Gasteiger partial charge < -0.3 is 16.0 Å². The lowest BCUT2D eigenvalue weighted by atomic mass is 10.3. The number of fused-ring (bicyclic) bond motifs is 1. The Kier molecular flexibility index (Phi) is 3.10. The molecule has 1 amide bonds. The minimum Gasteiger partial charge on any atom is -0.399 e. The fourth-order valence-corrected chi connectivity index (χ4v) is 2.66. The molecule has 0 saturated heterocycles. The average molecular weight is 276 g/mol. The number of carbonyl (C=O) groups is 1. The van der Waals surface area contributed by atoms with Crippen LogP contribution >= 0.6 is 11.8 Å². The predicted molar refractivity (Wildman–Crippen MR) is 77.0 cm³/mol. The van der Waals surface area contributed by atoms with Gasteiger partial charge in [0.1, 0.15) is 0 Å². The Morgan fingerprint density at radius 3 is 3.11 bits per heavy atom. The second-order valence-electron chi connectivity index (χ2n) is 4.86. The van der Waals surface area contributed by atoms with E-state index in [-0.39, 0.29) is 11.2 Å². The number of hydrogen-bond donors (Lipinski definition) is 3. The highest BCUT2D eigenvalue weighted by atomic mass is 32.2. The maximum Gasteiger partial charge on any atom is 0.233 e. The molecule has 1 saturated carbocycles. The van der Waals surface area contributed by atoms with Crippen LogP contribution in [0.5, 0.6) is 0 Å². The number of imidazole rings is 1. The number of nitrogens with one attached hydrogen (secondary N) is 2.